The third-order valence-corrected chi connectivity index (χ3v) is 3.89. The molecule has 2 aromatic rings. The van der Waals surface area contributed by atoms with Crippen LogP contribution < -0.4 is 0 Å². The van der Waals surface area contributed by atoms with Gasteiger partial charge in [0.2, 0.25) is 0 Å². The van der Waals surface area contributed by atoms with Crippen molar-refractivity contribution < 1.29 is 9.53 Å². The zero-order valence-electron chi connectivity index (χ0n) is 10.4. The zero-order valence-corrected chi connectivity index (χ0v) is 11.2. The Hall–Kier alpha value is -1.61. The van der Waals surface area contributed by atoms with E-state index in [2.05, 4.69) is 41.1 Å². The number of aryl methyl sites for hydroxylation is 1. The number of carbonyl (C=O) groups excluding carboxylic acids is 1. The van der Waals surface area contributed by atoms with Gasteiger partial charge in [-0.25, -0.2) is 0 Å². The standard InChI is InChI=1S/C15H16O2S/c1-17-15(16)10-9-13-7-8-14(18-13)11-12-5-3-2-4-6-12/h2-8H,9-11H2,1H3. The zero-order chi connectivity index (χ0) is 12.8. The molecule has 1 aromatic carbocycles. The molecule has 3 heteroatoms. The van der Waals surface area contributed by atoms with Gasteiger partial charge >= 0.3 is 5.97 Å². The van der Waals surface area contributed by atoms with E-state index in [9.17, 15) is 4.79 Å². The maximum Gasteiger partial charge on any atom is 0.305 e. The van der Waals surface area contributed by atoms with E-state index in [0.717, 1.165) is 12.8 Å². The van der Waals surface area contributed by atoms with Crippen molar-refractivity contribution in [2.75, 3.05) is 7.11 Å². The second-order valence-electron chi connectivity index (χ2n) is 4.11. The van der Waals surface area contributed by atoms with Gasteiger partial charge in [-0.3, -0.25) is 4.79 Å². The summed E-state index contributed by atoms with van der Waals surface area (Å²) in [6.45, 7) is 0. The van der Waals surface area contributed by atoms with Gasteiger partial charge in [-0.1, -0.05) is 30.3 Å². The summed E-state index contributed by atoms with van der Waals surface area (Å²) >= 11 is 1.77. The number of esters is 1. The minimum atomic E-state index is -0.145. The molecule has 0 radical (unpaired) electrons. The number of ether oxygens (including phenoxy) is 1. The monoisotopic (exact) mass is 260 g/mol. The molecule has 0 spiro atoms. The summed E-state index contributed by atoms with van der Waals surface area (Å²) in [5, 5.41) is 0. The summed E-state index contributed by atoms with van der Waals surface area (Å²) in [4.78, 5) is 13.6. The first kappa shape index (κ1) is 12.8. The number of rotatable bonds is 5. The largest absolute Gasteiger partial charge is 0.469 e. The molecule has 0 fully saturated rings. The maximum absolute atomic E-state index is 11.1. The molecule has 2 nitrogen and oxygen atoms in total. The van der Waals surface area contributed by atoms with Gasteiger partial charge in [0.25, 0.3) is 0 Å². The Morgan fingerprint density at radius 2 is 1.83 bits per heavy atom. The highest BCUT2D eigenvalue weighted by Gasteiger charge is 2.05. The number of hydrogen-bond donors (Lipinski definition) is 0. The van der Waals surface area contributed by atoms with Crippen LogP contribution in [0.2, 0.25) is 0 Å². The van der Waals surface area contributed by atoms with Crippen LogP contribution >= 0.6 is 11.3 Å². The average molecular weight is 260 g/mol. The van der Waals surface area contributed by atoms with Crippen molar-refractivity contribution in [1.82, 2.24) is 0 Å². The van der Waals surface area contributed by atoms with Crippen molar-refractivity contribution in [1.29, 1.82) is 0 Å². The fourth-order valence-corrected chi connectivity index (χ4v) is 2.83. The van der Waals surface area contributed by atoms with E-state index in [0.29, 0.717) is 6.42 Å². The fourth-order valence-electron chi connectivity index (χ4n) is 1.78. The van der Waals surface area contributed by atoms with Crippen LogP contribution in [0.4, 0.5) is 0 Å². The lowest BCUT2D eigenvalue weighted by atomic mass is 10.1. The molecule has 0 aliphatic rings. The van der Waals surface area contributed by atoms with Gasteiger partial charge in [0.05, 0.1) is 13.5 Å². The predicted molar refractivity (Wildman–Crippen MR) is 73.9 cm³/mol. The van der Waals surface area contributed by atoms with E-state index in [4.69, 9.17) is 0 Å². The summed E-state index contributed by atoms with van der Waals surface area (Å²) in [5.41, 5.74) is 1.32. The molecule has 0 atom stereocenters. The summed E-state index contributed by atoms with van der Waals surface area (Å²) < 4.78 is 4.64. The van der Waals surface area contributed by atoms with Crippen LogP contribution in [0, 0.1) is 0 Å². The van der Waals surface area contributed by atoms with Crippen LogP contribution in [0.25, 0.3) is 0 Å². The molecule has 1 heterocycles. The van der Waals surface area contributed by atoms with Crippen LogP contribution in [-0.2, 0) is 22.4 Å². The topological polar surface area (TPSA) is 26.3 Å². The summed E-state index contributed by atoms with van der Waals surface area (Å²) in [6.07, 6.45) is 2.19. The lowest BCUT2D eigenvalue weighted by Gasteiger charge is -1.98. The predicted octanol–water partition coefficient (Wildman–Crippen LogP) is 3.44. The molecule has 0 amide bonds. The van der Waals surface area contributed by atoms with Crippen LogP contribution in [0.3, 0.4) is 0 Å². The molecule has 0 bridgehead atoms. The van der Waals surface area contributed by atoms with Crippen molar-refractivity contribution in [3.63, 3.8) is 0 Å². The Morgan fingerprint density at radius 1 is 1.11 bits per heavy atom. The molecule has 0 N–H and O–H groups in total. The SMILES string of the molecule is COC(=O)CCc1ccc(Cc2ccccc2)s1. The van der Waals surface area contributed by atoms with Crippen molar-refractivity contribution >= 4 is 17.3 Å². The van der Waals surface area contributed by atoms with Gasteiger partial charge in [-0.15, -0.1) is 11.3 Å². The Morgan fingerprint density at radius 3 is 2.56 bits per heavy atom. The molecule has 0 saturated carbocycles. The highest BCUT2D eigenvalue weighted by molar-refractivity contribution is 7.12. The van der Waals surface area contributed by atoms with Crippen molar-refractivity contribution in [3.05, 3.63) is 57.8 Å². The van der Waals surface area contributed by atoms with Crippen molar-refractivity contribution in [3.8, 4) is 0 Å². The summed E-state index contributed by atoms with van der Waals surface area (Å²) in [6, 6.07) is 14.7. The van der Waals surface area contributed by atoms with Crippen molar-refractivity contribution in [2.24, 2.45) is 0 Å². The summed E-state index contributed by atoms with van der Waals surface area (Å²) in [5.74, 6) is -0.145. The molecule has 0 aliphatic carbocycles. The Labute approximate surface area is 111 Å². The second kappa shape index (κ2) is 6.36. The molecule has 0 unspecified atom stereocenters. The van der Waals surface area contributed by atoms with E-state index < -0.39 is 0 Å². The first-order valence-electron chi connectivity index (χ1n) is 5.96. The van der Waals surface area contributed by atoms with Gasteiger partial charge in [-0.2, -0.15) is 0 Å². The van der Waals surface area contributed by atoms with E-state index in [1.165, 1.54) is 22.4 Å². The highest BCUT2D eigenvalue weighted by Crippen LogP contribution is 2.21. The smallest absolute Gasteiger partial charge is 0.305 e. The minimum Gasteiger partial charge on any atom is -0.469 e. The first-order chi connectivity index (χ1) is 8.78. The molecule has 2 rings (SSSR count). The van der Waals surface area contributed by atoms with Crippen LogP contribution in [0.5, 0.6) is 0 Å². The third-order valence-electron chi connectivity index (χ3n) is 2.74. The minimum absolute atomic E-state index is 0.145. The Kier molecular flexibility index (Phi) is 4.53. The van der Waals surface area contributed by atoms with E-state index in [1.807, 2.05) is 6.07 Å². The van der Waals surface area contributed by atoms with Gasteiger partial charge in [0.15, 0.2) is 0 Å². The highest BCUT2D eigenvalue weighted by atomic mass is 32.1. The molecule has 1 aromatic heterocycles. The van der Waals surface area contributed by atoms with E-state index >= 15 is 0 Å². The first-order valence-corrected chi connectivity index (χ1v) is 6.78. The third kappa shape index (κ3) is 3.70. The van der Waals surface area contributed by atoms with E-state index in [1.54, 1.807) is 11.3 Å². The molecule has 0 saturated heterocycles. The number of carbonyl (C=O) groups is 1. The van der Waals surface area contributed by atoms with Gasteiger partial charge in [0, 0.05) is 16.2 Å². The lowest BCUT2D eigenvalue weighted by Crippen LogP contribution is -2.00. The number of hydrogen-bond acceptors (Lipinski definition) is 3. The molecular weight excluding hydrogens is 244 g/mol. The normalized spacial score (nSPS) is 10.3. The van der Waals surface area contributed by atoms with Crippen molar-refractivity contribution in [2.45, 2.75) is 19.3 Å². The van der Waals surface area contributed by atoms with Gasteiger partial charge < -0.3 is 4.74 Å². The Bertz CT molecular complexity index is 502. The molecule has 0 aliphatic heterocycles. The lowest BCUT2D eigenvalue weighted by molar-refractivity contribution is -0.140. The molecule has 18 heavy (non-hydrogen) atoms. The maximum atomic E-state index is 11.1. The fraction of sp³-hybridized carbons (Fsp3) is 0.267. The molecule has 94 valence electrons. The number of methoxy groups -OCH3 is 1. The van der Waals surface area contributed by atoms with Gasteiger partial charge in [-0.05, 0) is 24.1 Å². The number of thiophene rings is 1. The average Bonchev–Trinajstić information content (AvgIpc) is 2.85. The second-order valence-corrected chi connectivity index (χ2v) is 5.36. The van der Waals surface area contributed by atoms with Crippen LogP contribution in [-0.4, -0.2) is 13.1 Å². The quantitative estimate of drug-likeness (QED) is 0.770. The Balaban J connectivity index is 1.92. The summed E-state index contributed by atoms with van der Waals surface area (Å²) in [7, 11) is 1.43. The van der Waals surface area contributed by atoms with Crippen LogP contribution in [0.15, 0.2) is 42.5 Å². The molecular formula is C15H16O2S. The van der Waals surface area contributed by atoms with E-state index in [-0.39, 0.29) is 5.97 Å². The van der Waals surface area contributed by atoms with Crippen LogP contribution in [0.1, 0.15) is 21.7 Å². The number of benzene rings is 1. The van der Waals surface area contributed by atoms with Gasteiger partial charge in [0.1, 0.15) is 0 Å².